The maximum atomic E-state index is 5.63. The summed E-state index contributed by atoms with van der Waals surface area (Å²) in [5, 5.41) is 0.724. The Kier molecular flexibility index (Phi) is 6.01. The van der Waals surface area contributed by atoms with Gasteiger partial charge < -0.3 is 5.73 Å². The van der Waals surface area contributed by atoms with Crippen LogP contribution in [0.25, 0.3) is 0 Å². The van der Waals surface area contributed by atoms with Crippen molar-refractivity contribution in [3.8, 4) is 0 Å². The minimum Gasteiger partial charge on any atom is -0.327 e. The van der Waals surface area contributed by atoms with E-state index in [-0.39, 0.29) is 0 Å². The maximum Gasteiger partial charge on any atom is 0.108 e. The first kappa shape index (κ1) is 13.3. The van der Waals surface area contributed by atoms with Crippen molar-refractivity contribution in [1.29, 1.82) is 0 Å². The molecule has 78 valence electrons. The van der Waals surface area contributed by atoms with Crippen molar-refractivity contribution in [2.24, 2.45) is 5.73 Å². The average Bonchev–Trinajstić information content (AvgIpc) is 1.96. The first-order valence-corrected chi connectivity index (χ1v) is 10.0. The fourth-order valence-electron chi connectivity index (χ4n) is 1.33. The quantitative estimate of drug-likeness (QED) is 0.565. The highest BCUT2D eigenvalue weighted by atomic mass is 32.4. The highest BCUT2D eigenvalue weighted by molar-refractivity contribution is 8.29. The van der Waals surface area contributed by atoms with Crippen molar-refractivity contribution in [1.82, 2.24) is 0 Å². The van der Waals surface area contributed by atoms with E-state index in [1.54, 1.807) is 0 Å². The molecular formula is C10H23NSSi. The molecule has 0 bridgehead atoms. The van der Waals surface area contributed by atoms with Crippen molar-refractivity contribution >= 4 is 18.4 Å². The lowest BCUT2D eigenvalue weighted by Gasteiger charge is -2.21. The Labute approximate surface area is 87.8 Å². The standard InChI is InChI=1S/C10H23NSSi/c1-6-10(8-11)7-9(2)12-13(3,4)5/h6,9H,7-8,11H2,1-5H3. The van der Waals surface area contributed by atoms with Crippen LogP contribution in [0.4, 0.5) is 0 Å². The van der Waals surface area contributed by atoms with Crippen molar-refractivity contribution in [3.05, 3.63) is 11.6 Å². The van der Waals surface area contributed by atoms with Gasteiger partial charge in [-0.15, -0.1) is 0 Å². The molecule has 0 spiro atoms. The molecule has 0 aromatic heterocycles. The highest BCUT2D eigenvalue weighted by Gasteiger charge is 2.18. The molecule has 0 saturated carbocycles. The number of nitrogens with two attached hydrogens (primary N) is 1. The van der Waals surface area contributed by atoms with Crippen molar-refractivity contribution in [2.45, 2.75) is 45.2 Å². The van der Waals surface area contributed by atoms with E-state index in [2.05, 4.69) is 50.8 Å². The Bertz CT molecular complexity index is 172. The largest absolute Gasteiger partial charge is 0.327 e. The molecule has 0 heterocycles. The van der Waals surface area contributed by atoms with Gasteiger partial charge in [-0.2, -0.15) is 11.2 Å². The second kappa shape index (κ2) is 5.88. The summed E-state index contributed by atoms with van der Waals surface area (Å²) in [6.45, 7) is 12.3. The predicted molar refractivity (Wildman–Crippen MR) is 67.8 cm³/mol. The van der Waals surface area contributed by atoms with Gasteiger partial charge in [0, 0.05) is 11.8 Å². The smallest absolute Gasteiger partial charge is 0.108 e. The van der Waals surface area contributed by atoms with E-state index >= 15 is 0 Å². The van der Waals surface area contributed by atoms with Gasteiger partial charge in [-0.25, -0.2) is 0 Å². The Morgan fingerprint density at radius 3 is 2.31 bits per heavy atom. The van der Waals surface area contributed by atoms with E-state index in [0.29, 0.717) is 6.54 Å². The van der Waals surface area contributed by atoms with Crippen molar-refractivity contribution in [3.63, 3.8) is 0 Å². The molecule has 0 aliphatic rings. The van der Waals surface area contributed by atoms with Crippen LogP contribution in [-0.2, 0) is 0 Å². The molecule has 3 heteroatoms. The zero-order valence-electron chi connectivity index (χ0n) is 9.55. The van der Waals surface area contributed by atoms with E-state index in [4.69, 9.17) is 5.73 Å². The molecule has 0 fully saturated rings. The molecule has 2 N–H and O–H groups in total. The fourth-order valence-corrected chi connectivity index (χ4v) is 6.71. The molecule has 1 nitrogen and oxygen atoms in total. The van der Waals surface area contributed by atoms with Gasteiger partial charge in [0.15, 0.2) is 0 Å². The van der Waals surface area contributed by atoms with E-state index in [9.17, 15) is 0 Å². The van der Waals surface area contributed by atoms with Gasteiger partial charge >= 0.3 is 0 Å². The topological polar surface area (TPSA) is 26.0 Å². The summed E-state index contributed by atoms with van der Waals surface area (Å²) in [7, 11) is -0.964. The zero-order chi connectivity index (χ0) is 10.5. The Balaban J connectivity index is 3.94. The fraction of sp³-hybridized carbons (Fsp3) is 0.800. The van der Waals surface area contributed by atoms with Crippen LogP contribution in [-0.4, -0.2) is 19.0 Å². The monoisotopic (exact) mass is 217 g/mol. The van der Waals surface area contributed by atoms with E-state index in [1.807, 2.05) is 0 Å². The summed E-state index contributed by atoms with van der Waals surface area (Å²) in [6, 6.07) is 0. The molecule has 13 heavy (non-hydrogen) atoms. The van der Waals surface area contributed by atoms with Crippen LogP contribution in [0.3, 0.4) is 0 Å². The summed E-state index contributed by atoms with van der Waals surface area (Å²) >= 11 is 2.16. The maximum absolute atomic E-state index is 5.63. The summed E-state index contributed by atoms with van der Waals surface area (Å²) in [5.74, 6) is 0. The lowest BCUT2D eigenvalue weighted by Crippen LogP contribution is -2.20. The van der Waals surface area contributed by atoms with Crippen LogP contribution in [0.5, 0.6) is 0 Å². The van der Waals surface area contributed by atoms with Gasteiger partial charge in [-0.3, -0.25) is 0 Å². The molecule has 0 amide bonds. The van der Waals surface area contributed by atoms with Crippen LogP contribution in [0.15, 0.2) is 11.6 Å². The van der Waals surface area contributed by atoms with Crippen LogP contribution >= 0.6 is 11.2 Å². The summed E-state index contributed by atoms with van der Waals surface area (Å²) < 4.78 is 0. The SMILES string of the molecule is CC=C(CN)CC(C)S[Si](C)(C)C. The lowest BCUT2D eigenvalue weighted by atomic mass is 10.1. The number of allylic oxidation sites excluding steroid dienone is 1. The molecule has 0 saturated heterocycles. The van der Waals surface area contributed by atoms with Crippen LogP contribution in [0.1, 0.15) is 20.3 Å². The van der Waals surface area contributed by atoms with Gasteiger partial charge in [-0.05, 0) is 13.3 Å². The van der Waals surface area contributed by atoms with E-state index in [0.717, 1.165) is 11.7 Å². The summed E-state index contributed by atoms with van der Waals surface area (Å²) in [5.41, 5.74) is 7.02. The van der Waals surface area contributed by atoms with Crippen LogP contribution in [0.2, 0.25) is 19.6 Å². The van der Waals surface area contributed by atoms with Gasteiger partial charge in [0.1, 0.15) is 7.22 Å². The normalized spacial score (nSPS) is 16.0. The first-order chi connectivity index (χ1) is 5.89. The number of hydrogen-bond acceptors (Lipinski definition) is 2. The average molecular weight is 217 g/mol. The van der Waals surface area contributed by atoms with Gasteiger partial charge in [-0.1, -0.05) is 38.2 Å². The number of hydrogen-bond donors (Lipinski definition) is 1. The highest BCUT2D eigenvalue weighted by Crippen LogP contribution is 2.28. The van der Waals surface area contributed by atoms with Crippen molar-refractivity contribution < 1.29 is 0 Å². The third-order valence-corrected chi connectivity index (χ3v) is 6.38. The minimum absolute atomic E-state index is 0.715. The molecule has 0 aromatic rings. The molecule has 1 atom stereocenters. The zero-order valence-corrected chi connectivity index (χ0v) is 11.4. The third kappa shape index (κ3) is 7.35. The molecule has 0 radical (unpaired) electrons. The molecule has 1 unspecified atom stereocenters. The Morgan fingerprint density at radius 1 is 1.46 bits per heavy atom. The minimum atomic E-state index is -0.964. The predicted octanol–water partition coefficient (Wildman–Crippen LogP) is 3.24. The third-order valence-electron chi connectivity index (χ3n) is 1.77. The molecule has 0 aliphatic carbocycles. The first-order valence-electron chi connectivity index (χ1n) is 4.91. The Morgan fingerprint density at radius 2 is 2.00 bits per heavy atom. The van der Waals surface area contributed by atoms with Crippen LogP contribution < -0.4 is 5.73 Å². The van der Waals surface area contributed by atoms with Gasteiger partial charge in [0.05, 0.1) is 0 Å². The van der Waals surface area contributed by atoms with E-state index in [1.165, 1.54) is 5.57 Å². The summed E-state index contributed by atoms with van der Waals surface area (Å²) in [6.07, 6.45) is 3.31. The molecule has 0 aromatic carbocycles. The van der Waals surface area contributed by atoms with Crippen molar-refractivity contribution in [2.75, 3.05) is 6.54 Å². The van der Waals surface area contributed by atoms with Gasteiger partial charge in [0.25, 0.3) is 0 Å². The second-order valence-electron chi connectivity index (χ2n) is 4.40. The summed E-state index contributed by atoms with van der Waals surface area (Å²) in [4.78, 5) is 0. The van der Waals surface area contributed by atoms with E-state index < -0.39 is 7.22 Å². The molecular weight excluding hydrogens is 194 g/mol. The molecule has 0 aliphatic heterocycles. The molecule has 0 rings (SSSR count). The number of rotatable bonds is 5. The Hall–Kier alpha value is 0.267. The van der Waals surface area contributed by atoms with Gasteiger partial charge in [0.2, 0.25) is 0 Å². The lowest BCUT2D eigenvalue weighted by molar-refractivity contribution is 0.892. The second-order valence-corrected chi connectivity index (χ2v) is 14.0. The van der Waals surface area contributed by atoms with Crippen LogP contribution in [0, 0.1) is 0 Å².